The van der Waals surface area contributed by atoms with Crippen LogP contribution in [0.15, 0.2) is 30.3 Å². The van der Waals surface area contributed by atoms with Crippen LogP contribution in [-0.2, 0) is 9.53 Å². The van der Waals surface area contributed by atoms with Crippen LogP contribution in [0, 0.1) is 10.1 Å². The molecule has 2 aromatic carbocycles. The summed E-state index contributed by atoms with van der Waals surface area (Å²) < 4.78 is 20.0. The van der Waals surface area contributed by atoms with E-state index in [0.29, 0.717) is 10.8 Å². The number of nitrogens with zero attached hydrogens (tertiary/aromatic N) is 1. The van der Waals surface area contributed by atoms with Crippen LogP contribution in [0.4, 0.5) is 11.4 Å². The highest BCUT2D eigenvalue weighted by Crippen LogP contribution is 2.35. The average Bonchev–Trinajstić information content (AvgIpc) is 2.70. The lowest BCUT2D eigenvalue weighted by atomic mass is 10.1. The highest BCUT2D eigenvalue weighted by Gasteiger charge is 2.26. The molecule has 0 aromatic heterocycles. The number of rotatable bonds is 8. The Morgan fingerprint density at radius 2 is 1.66 bits per heavy atom. The Labute approximate surface area is 170 Å². The minimum atomic E-state index is -1.08. The lowest BCUT2D eigenvalue weighted by Gasteiger charge is -2.12. The predicted octanol–water partition coefficient (Wildman–Crippen LogP) is 3.07. The monoisotopic (exact) mass is 424 g/mol. The van der Waals surface area contributed by atoms with Crippen molar-refractivity contribution in [3.63, 3.8) is 0 Å². The number of nitrogens with one attached hydrogen (secondary N) is 1. The minimum absolute atomic E-state index is 0.0709. The molecule has 0 atom stereocenters. The maximum atomic E-state index is 12.3. The number of ether oxygens (including phenoxy) is 4. The topological polar surface area (TPSA) is 126 Å². The van der Waals surface area contributed by atoms with Crippen molar-refractivity contribution in [1.29, 1.82) is 0 Å². The number of esters is 1. The van der Waals surface area contributed by atoms with Crippen LogP contribution < -0.4 is 19.5 Å². The molecule has 0 spiro atoms. The summed E-state index contributed by atoms with van der Waals surface area (Å²) in [7, 11) is 4.02. The molecule has 11 heteroatoms. The van der Waals surface area contributed by atoms with E-state index in [-0.39, 0.29) is 22.7 Å². The van der Waals surface area contributed by atoms with Gasteiger partial charge in [0.25, 0.3) is 11.6 Å². The Bertz CT molecular complexity index is 948. The molecule has 1 N–H and O–H groups in total. The Morgan fingerprint density at radius 3 is 2.24 bits per heavy atom. The fourth-order valence-corrected chi connectivity index (χ4v) is 2.53. The second kappa shape index (κ2) is 9.60. The number of methoxy groups -OCH3 is 3. The molecular weight excluding hydrogens is 408 g/mol. The van der Waals surface area contributed by atoms with E-state index < -0.39 is 29.1 Å². The summed E-state index contributed by atoms with van der Waals surface area (Å²) >= 11 is 5.89. The van der Waals surface area contributed by atoms with E-state index in [0.717, 1.165) is 12.1 Å². The SMILES string of the molecule is COc1ccc(Cl)cc1NC(=O)COC(=O)c1cc(OC)c(OC)cc1[N+](=O)[O-]. The molecule has 2 aromatic rings. The molecule has 0 aliphatic rings. The predicted molar refractivity (Wildman–Crippen MR) is 103 cm³/mol. The van der Waals surface area contributed by atoms with Gasteiger partial charge in [-0.25, -0.2) is 4.79 Å². The van der Waals surface area contributed by atoms with E-state index in [4.69, 9.17) is 30.5 Å². The van der Waals surface area contributed by atoms with Crippen LogP contribution in [0.5, 0.6) is 17.2 Å². The van der Waals surface area contributed by atoms with Crippen molar-refractivity contribution in [2.75, 3.05) is 33.3 Å². The summed E-state index contributed by atoms with van der Waals surface area (Å²) in [5, 5.41) is 14.1. The zero-order valence-electron chi connectivity index (χ0n) is 15.7. The third-order valence-electron chi connectivity index (χ3n) is 3.69. The Hall–Kier alpha value is -3.53. The van der Waals surface area contributed by atoms with Gasteiger partial charge in [-0.05, 0) is 18.2 Å². The maximum Gasteiger partial charge on any atom is 0.345 e. The van der Waals surface area contributed by atoms with E-state index in [1.807, 2.05) is 0 Å². The molecule has 0 saturated carbocycles. The van der Waals surface area contributed by atoms with Gasteiger partial charge < -0.3 is 24.3 Å². The molecule has 29 heavy (non-hydrogen) atoms. The molecule has 0 fully saturated rings. The number of carbonyl (C=O) groups is 2. The van der Waals surface area contributed by atoms with Crippen molar-refractivity contribution in [3.8, 4) is 17.2 Å². The molecule has 2 rings (SSSR count). The Kier molecular flexibility index (Phi) is 7.21. The molecule has 1 amide bonds. The van der Waals surface area contributed by atoms with E-state index in [1.165, 1.54) is 27.4 Å². The summed E-state index contributed by atoms with van der Waals surface area (Å²) in [5.41, 5.74) is -0.663. The van der Waals surface area contributed by atoms with Crippen LogP contribution in [0.2, 0.25) is 5.02 Å². The summed E-state index contributed by atoms with van der Waals surface area (Å²) in [4.78, 5) is 34.9. The van der Waals surface area contributed by atoms with Crippen molar-refractivity contribution in [3.05, 3.63) is 51.0 Å². The lowest BCUT2D eigenvalue weighted by Crippen LogP contribution is -2.21. The maximum absolute atomic E-state index is 12.3. The number of nitro groups is 1. The number of carbonyl (C=O) groups excluding carboxylic acids is 2. The first kappa shape index (κ1) is 21.8. The number of hydrogen-bond donors (Lipinski definition) is 1. The molecule has 0 bridgehead atoms. The lowest BCUT2D eigenvalue weighted by molar-refractivity contribution is -0.385. The number of benzene rings is 2. The molecular formula is C18H17ClN2O8. The summed E-state index contributed by atoms with van der Waals surface area (Å²) in [5.74, 6) is -1.25. The number of nitro benzene ring substituents is 1. The smallest absolute Gasteiger partial charge is 0.345 e. The second-order valence-electron chi connectivity index (χ2n) is 5.45. The van der Waals surface area contributed by atoms with Gasteiger partial charge in [0.15, 0.2) is 18.1 Å². The fraction of sp³-hybridized carbons (Fsp3) is 0.222. The second-order valence-corrected chi connectivity index (χ2v) is 5.89. The largest absolute Gasteiger partial charge is 0.495 e. The number of anilines is 1. The number of hydrogen-bond acceptors (Lipinski definition) is 8. The average molecular weight is 425 g/mol. The standard InChI is InChI=1S/C18H17ClN2O8/c1-26-14-5-4-10(19)6-12(14)20-17(22)9-29-18(23)11-7-15(27-2)16(28-3)8-13(11)21(24)25/h4-8H,9H2,1-3H3,(H,20,22). The first-order valence-electron chi connectivity index (χ1n) is 8.01. The van der Waals surface area contributed by atoms with Crippen LogP contribution >= 0.6 is 11.6 Å². The van der Waals surface area contributed by atoms with Crippen LogP contribution in [0.25, 0.3) is 0 Å². The molecule has 0 unspecified atom stereocenters. The zero-order chi connectivity index (χ0) is 21.6. The summed E-state index contributed by atoms with van der Waals surface area (Å²) in [6, 6.07) is 6.73. The van der Waals surface area contributed by atoms with Gasteiger partial charge in [-0.3, -0.25) is 14.9 Å². The first-order valence-corrected chi connectivity index (χ1v) is 8.39. The van der Waals surface area contributed by atoms with Gasteiger partial charge in [-0.2, -0.15) is 0 Å². The zero-order valence-corrected chi connectivity index (χ0v) is 16.4. The number of halogens is 1. The van der Waals surface area contributed by atoms with Crippen molar-refractivity contribution in [2.24, 2.45) is 0 Å². The van der Waals surface area contributed by atoms with E-state index in [9.17, 15) is 19.7 Å². The molecule has 0 saturated heterocycles. The van der Waals surface area contributed by atoms with Gasteiger partial charge in [0.05, 0.1) is 38.0 Å². The van der Waals surface area contributed by atoms with Crippen molar-refractivity contribution in [1.82, 2.24) is 0 Å². The molecule has 0 radical (unpaired) electrons. The quantitative estimate of drug-likeness (QED) is 0.389. The normalized spacial score (nSPS) is 10.1. The highest BCUT2D eigenvalue weighted by molar-refractivity contribution is 6.31. The van der Waals surface area contributed by atoms with Gasteiger partial charge in [-0.15, -0.1) is 0 Å². The van der Waals surface area contributed by atoms with Crippen molar-refractivity contribution < 1.29 is 33.5 Å². The van der Waals surface area contributed by atoms with E-state index in [1.54, 1.807) is 12.1 Å². The molecule has 0 aliphatic heterocycles. The van der Waals surface area contributed by atoms with Crippen LogP contribution in [-0.4, -0.2) is 44.7 Å². The van der Waals surface area contributed by atoms with E-state index >= 15 is 0 Å². The molecule has 154 valence electrons. The van der Waals surface area contributed by atoms with Crippen molar-refractivity contribution >= 4 is 34.9 Å². The number of amides is 1. The Morgan fingerprint density at radius 1 is 1.03 bits per heavy atom. The molecule has 10 nitrogen and oxygen atoms in total. The molecule has 0 aliphatic carbocycles. The molecule has 0 heterocycles. The minimum Gasteiger partial charge on any atom is -0.495 e. The summed E-state index contributed by atoms with van der Waals surface area (Å²) in [6.07, 6.45) is 0. The van der Waals surface area contributed by atoms with Gasteiger partial charge in [0, 0.05) is 11.1 Å². The van der Waals surface area contributed by atoms with Crippen LogP contribution in [0.3, 0.4) is 0 Å². The van der Waals surface area contributed by atoms with Gasteiger partial charge >= 0.3 is 5.97 Å². The van der Waals surface area contributed by atoms with Crippen LogP contribution in [0.1, 0.15) is 10.4 Å². The first-order chi connectivity index (χ1) is 13.8. The highest BCUT2D eigenvalue weighted by atomic mass is 35.5. The van der Waals surface area contributed by atoms with E-state index in [2.05, 4.69) is 5.32 Å². The van der Waals surface area contributed by atoms with Gasteiger partial charge in [-0.1, -0.05) is 11.6 Å². The van der Waals surface area contributed by atoms with Gasteiger partial charge in [0.2, 0.25) is 0 Å². The van der Waals surface area contributed by atoms with Crippen molar-refractivity contribution in [2.45, 2.75) is 0 Å². The fourth-order valence-electron chi connectivity index (χ4n) is 2.36. The Balaban J connectivity index is 2.15. The third-order valence-corrected chi connectivity index (χ3v) is 3.92. The third kappa shape index (κ3) is 5.26. The van der Waals surface area contributed by atoms with Gasteiger partial charge in [0.1, 0.15) is 11.3 Å². The summed E-state index contributed by atoms with van der Waals surface area (Å²) in [6.45, 7) is -0.694.